The monoisotopic (exact) mass is 310 g/mol. The number of hydrogen-bond acceptors (Lipinski definition) is 6. The van der Waals surface area contributed by atoms with Crippen LogP contribution in [-0.4, -0.2) is 45.1 Å². The van der Waals surface area contributed by atoms with E-state index in [1.54, 1.807) is 32.0 Å². The Hall–Kier alpha value is -2.21. The molecule has 0 aliphatic heterocycles. The Morgan fingerprint density at radius 1 is 1.09 bits per heavy atom. The van der Waals surface area contributed by atoms with Crippen LogP contribution in [0.3, 0.4) is 0 Å². The molecule has 0 unspecified atom stereocenters. The van der Waals surface area contributed by atoms with Crippen molar-refractivity contribution < 1.29 is 28.8 Å². The lowest BCUT2D eigenvalue weighted by Crippen LogP contribution is -2.13. The highest BCUT2D eigenvalue weighted by Gasteiger charge is 2.26. The molecule has 0 fully saturated rings. The van der Waals surface area contributed by atoms with Crippen molar-refractivity contribution in [2.24, 2.45) is 0 Å². The van der Waals surface area contributed by atoms with E-state index in [4.69, 9.17) is 18.9 Å². The Labute approximate surface area is 130 Å². The van der Waals surface area contributed by atoms with E-state index in [1.807, 2.05) is 0 Å². The van der Waals surface area contributed by atoms with Gasteiger partial charge in [0, 0.05) is 6.61 Å². The maximum Gasteiger partial charge on any atom is 0.342 e. The van der Waals surface area contributed by atoms with E-state index in [1.165, 1.54) is 14.2 Å². The number of esters is 1. The topological polar surface area (TPSA) is 74.2 Å². The van der Waals surface area contributed by atoms with Gasteiger partial charge in [-0.15, -0.1) is 0 Å². The molecular weight excluding hydrogens is 288 g/mol. The lowest BCUT2D eigenvalue weighted by molar-refractivity contribution is -0.136. The third kappa shape index (κ3) is 4.14. The van der Waals surface area contributed by atoms with Gasteiger partial charge in [-0.2, -0.15) is 0 Å². The van der Waals surface area contributed by atoms with Gasteiger partial charge in [0.05, 0.1) is 26.4 Å². The van der Waals surface area contributed by atoms with E-state index in [9.17, 15) is 9.90 Å². The Balaban J connectivity index is 3.48. The Morgan fingerprint density at radius 3 is 2.14 bits per heavy atom. The molecule has 6 nitrogen and oxygen atoms in total. The van der Waals surface area contributed by atoms with Crippen LogP contribution < -0.4 is 9.47 Å². The lowest BCUT2D eigenvalue weighted by Gasteiger charge is -2.16. The number of rotatable bonds is 8. The fourth-order valence-electron chi connectivity index (χ4n) is 1.94. The quantitative estimate of drug-likeness (QED) is 0.452. The molecule has 0 atom stereocenters. The molecule has 22 heavy (non-hydrogen) atoms. The first-order valence-electron chi connectivity index (χ1n) is 6.98. The third-order valence-corrected chi connectivity index (χ3v) is 2.89. The largest absolute Gasteiger partial charge is 0.509 e. The second-order valence-corrected chi connectivity index (χ2v) is 4.22. The molecule has 1 aromatic carbocycles. The summed E-state index contributed by atoms with van der Waals surface area (Å²) < 4.78 is 20.8. The average Bonchev–Trinajstić information content (AvgIpc) is 2.53. The molecule has 0 saturated heterocycles. The maximum absolute atomic E-state index is 12.3. The van der Waals surface area contributed by atoms with Crippen LogP contribution in [0.2, 0.25) is 0 Å². The van der Waals surface area contributed by atoms with Crippen molar-refractivity contribution in [1.82, 2.24) is 0 Å². The highest BCUT2D eigenvalue weighted by molar-refractivity contribution is 6.18. The predicted molar refractivity (Wildman–Crippen MR) is 82.2 cm³/mol. The van der Waals surface area contributed by atoms with Gasteiger partial charge in [-0.05, 0) is 26.0 Å². The van der Waals surface area contributed by atoms with Crippen LogP contribution in [0.1, 0.15) is 19.4 Å². The first-order valence-corrected chi connectivity index (χ1v) is 6.98. The van der Waals surface area contributed by atoms with Crippen LogP contribution >= 0.6 is 0 Å². The molecule has 1 aromatic rings. The zero-order valence-corrected chi connectivity index (χ0v) is 13.3. The van der Waals surface area contributed by atoms with Crippen molar-refractivity contribution in [2.75, 3.05) is 34.0 Å². The normalized spacial score (nSPS) is 11.6. The molecule has 0 radical (unpaired) electrons. The number of methoxy groups -OCH3 is 2. The maximum atomic E-state index is 12.3. The zero-order chi connectivity index (χ0) is 16.5. The van der Waals surface area contributed by atoms with Crippen LogP contribution in [0.25, 0.3) is 5.57 Å². The molecule has 0 aromatic heterocycles. The number of carbonyl (C=O) groups is 1. The Kier molecular flexibility index (Phi) is 7.25. The highest BCUT2D eigenvalue weighted by Crippen LogP contribution is 2.36. The van der Waals surface area contributed by atoms with Crippen molar-refractivity contribution in [2.45, 2.75) is 13.8 Å². The highest BCUT2D eigenvalue weighted by atomic mass is 16.5. The van der Waals surface area contributed by atoms with Gasteiger partial charge in [-0.25, -0.2) is 4.79 Å². The van der Waals surface area contributed by atoms with Crippen molar-refractivity contribution in [3.63, 3.8) is 0 Å². The summed E-state index contributed by atoms with van der Waals surface area (Å²) in [7, 11) is 2.95. The van der Waals surface area contributed by atoms with Crippen molar-refractivity contribution in [1.29, 1.82) is 0 Å². The van der Waals surface area contributed by atoms with Crippen molar-refractivity contribution in [3.8, 4) is 11.5 Å². The summed E-state index contributed by atoms with van der Waals surface area (Å²) in [6.45, 7) is 3.96. The summed E-state index contributed by atoms with van der Waals surface area (Å²) in [6.07, 6.45) is 0. The molecule has 1 rings (SSSR count). The van der Waals surface area contributed by atoms with E-state index in [-0.39, 0.29) is 24.5 Å². The molecule has 1 N–H and O–H groups in total. The Morgan fingerprint density at radius 2 is 1.68 bits per heavy atom. The minimum absolute atomic E-state index is 0.0235. The smallest absolute Gasteiger partial charge is 0.342 e. The zero-order valence-electron chi connectivity index (χ0n) is 13.3. The van der Waals surface area contributed by atoms with E-state index < -0.39 is 5.97 Å². The minimum atomic E-state index is -0.664. The predicted octanol–water partition coefficient (Wildman–Crippen LogP) is 2.57. The summed E-state index contributed by atoms with van der Waals surface area (Å²) in [4.78, 5) is 12.3. The second kappa shape index (κ2) is 8.94. The lowest BCUT2D eigenvalue weighted by atomic mass is 10.0. The summed E-state index contributed by atoms with van der Waals surface area (Å²) >= 11 is 0. The summed E-state index contributed by atoms with van der Waals surface area (Å²) in [5, 5.41) is 10.3. The van der Waals surface area contributed by atoms with E-state index in [2.05, 4.69) is 0 Å². The SMILES string of the molecule is CCOC/C(O)=C(/C(=O)OCC)c1c(OC)cccc1OC. The molecule has 6 heteroatoms. The van der Waals surface area contributed by atoms with E-state index >= 15 is 0 Å². The number of hydrogen-bond donors (Lipinski definition) is 1. The van der Waals surface area contributed by atoms with Gasteiger partial charge in [0.2, 0.25) is 0 Å². The van der Waals surface area contributed by atoms with Crippen LogP contribution in [-0.2, 0) is 14.3 Å². The van der Waals surface area contributed by atoms with Crippen LogP contribution in [0.15, 0.2) is 24.0 Å². The first-order chi connectivity index (χ1) is 10.6. The van der Waals surface area contributed by atoms with Gasteiger partial charge in [0.15, 0.2) is 0 Å². The third-order valence-electron chi connectivity index (χ3n) is 2.89. The number of aliphatic hydroxyl groups is 1. The molecule has 0 bridgehead atoms. The van der Waals surface area contributed by atoms with E-state index in [0.717, 1.165) is 0 Å². The van der Waals surface area contributed by atoms with Crippen molar-refractivity contribution in [3.05, 3.63) is 29.5 Å². The molecule has 0 amide bonds. The van der Waals surface area contributed by atoms with Crippen molar-refractivity contribution >= 4 is 11.5 Å². The number of ether oxygens (including phenoxy) is 4. The van der Waals surface area contributed by atoms with Gasteiger partial charge in [0.25, 0.3) is 0 Å². The average molecular weight is 310 g/mol. The van der Waals surface area contributed by atoms with Crippen LogP contribution in [0.4, 0.5) is 0 Å². The van der Waals surface area contributed by atoms with Gasteiger partial charge in [-0.1, -0.05) is 6.07 Å². The molecule has 0 saturated carbocycles. The second-order valence-electron chi connectivity index (χ2n) is 4.22. The van der Waals surface area contributed by atoms with Gasteiger partial charge >= 0.3 is 5.97 Å². The number of aliphatic hydroxyl groups excluding tert-OH is 1. The summed E-state index contributed by atoms with van der Waals surface area (Å²) in [5.41, 5.74) is 0.313. The van der Waals surface area contributed by atoms with Gasteiger partial charge < -0.3 is 24.1 Å². The Bertz CT molecular complexity index is 513. The van der Waals surface area contributed by atoms with Crippen LogP contribution in [0.5, 0.6) is 11.5 Å². The number of carbonyl (C=O) groups excluding carboxylic acids is 1. The van der Waals surface area contributed by atoms with Gasteiger partial charge in [0.1, 0.15) is 29.4 Å². The fourth-order valence-corrected chi connectivity index (χ4v) is 1.94. The first kappa shape index (κ1) is 17.8. The molecule has 0 aliphatic carbocycles. The van der Waals surface area contributed by atoms with Crippen LogP contribution in [0, 0.1) is 0 Å². The molecule has 0 spiro atoms. The summed E-state index contributed by atoms with van der Waals surface area (Å²) in [5.74, 6) is -0.110. The molecule has 0 aliphatic rings. The molecule has 0 heterocycles. The molecule has 122 valence electrons. The number of benzene rings is 1. The fraction of sp³-hybridized carbons (Fsp3) is 0.438. The van der Waals surface area contributed by atoms with Gasteiger partial charge in [-0.3, -0.25) is 0 Å². The minimum Gasteiger partial charge on any atom is -0.509 e. The summed E-state index contributed by atoms with van der Waals surface area (Å²) in [6, 6.07) is 5.07. The van der Waals surface area contributed by atoms with E-state index in [0.29, 0.717) is 23.7 Å². The standard InChI is InChI=1S/C16H22O6/c1-5-21-10-11(17)14(16(18)22-6-2)15-12(19-3)8-7-9-13(15)20-4/h7-9,17H,5-6,10H2,1-4H3/b14-11-. The molecular formula is C16H22O6.